The van der Waals surface area contributed by atoms with Crippen molar-refractivity contribution in [2.24, 2.45) is 0 Å². The highest BCUT2D eigenvalue weighted by molar-refractivity contribution is 6.10. The fourth-order valence-corrected chi connectivity index (χ4v) is 2.04. The van der Waals surface area contributed by atoms with Crippen LogP contribution in [0.5, 0.6) is 0 Å². The smallest absolute Gasteiger partial charge is 0.336 e. The van der Waals surface area contributed by atoms with Crippen LogP contribution in [0.3, 0.4) is 0 Å². The van der Waals surface area contributed by atoms with Crippen molar-refractivity contribution in [2.45, 2.75) is 6.54 Å². The van der Waals surface area contributed by atoms with Crippen molar-refractivity contribution in [3.05, 3.63) is 65.2 Å². The van der Waals surface area contributed by atoms with E-state index in [0.717, 1.165) is 5.56 Å². The van der Waals surface area contributed by atoms with Crippen LogP contribution in [0, 0.1) is 0 Å². The number of carbonyl (C=O) groups is 2. The quantitative estimate of drug-likeness (QED) is 0.787. The summed E-state index contributed by atoms with van der Waals surface area (Å²) in [6.07, 6.45) is 0. The van der Waals surface area contributed by atoms with Gasteiger partial charge in [-0.2, -0.15) is 0 Å². The number of benzene rings is 2. The van der Waals surface area contributed by atoms with E-state index in [1.54, 1.807) is 18.2 Å². The molecular weight excluding hydrogens is 268 g/mol. The first-order valence-electron chi connectivity index (χ1n) is 6.49. The zero-order valence-electron chi connectivity index (χ0n) is 11.6. The van der Waals surface area contributed by atoms with Gasteiger partial charge < -0.3 is 15.7 Å². The molecule has 0 aliphatic carbocycles. The average Bonchev–Trinajstić information content (AvgIpc) is 2.49. The van der Waals surface area contributed by atoms with E-state index in [0.29, 0.717) is 12.2 Å². The molecule has 0 saturated heterocycles. The van der Waals surface area contributed by atoms with Crippen molar-refractivity contribution in [1.82, 2.24) is 5.32 Å². The molecule has 0 bridgehead atoms. The summed E-state index contributed by atoms with van der Waals surface area (Å²) in [7, 11) is 1.82. The first-order valence-corrected chi connectivity index (χ1v) is 6.49. The third-order valence-corrected chi connectivity index (χ3v) is 3.03. The molecule has 0 radical (unpaired) electrons. The van der Waals surface area contributed by atoms with E-state index in [1.165, 1.54) is 12.1 Å². The van der Waals surface area contributed by atoms with Crippen LogP contribution in [-0.2, 0) is 6.54 Å². The molecule has 2 aromatic carbocycles. The van der Waals surface area contributed by atoms with Crippen molar-refractivity contribution in [3.8, 4) is 0 Å². The highest BCUT2D eigenvalue weighted by atomic mass is 16.4. The summed E-state index contributed by atoms with van der Waals surface area (Å²) in [5, 5.41) is 14.9. The SMILES string of the molecule is CNCc1ccccc1NC(=O)c1ccccc1C(=O)O. The summed E-state index contributed by atoms with van der Waals surface area (Å²) in [5.74, 6) is -1.55. The Morgan fingerprint density at radius 2 is 1.62 bits per heavy atom. The summed E-state index contributed by atoms with van der Waals surface area (Å²) >= 11 is 0. The number of carbonyl (C=O) groups excluding carboxylic acids is 1. The summed E-state index contributed by atoms with van der Waals surface area (Å²) < 4.78 is 0. The lowest BCUT2D eigenvalue weighted by molar-refractivity contribution is 0.0692. The molecule has 0 saturated carbocycles. The van der Waals surface area contributed by atoms with Gasteiger partial charge in [-0.3, -0.25) is 4.79 Å². The first kappa shape index (κ1) is 14.7. The van der Waals surface area contributed by atoms with Gasteiger partial charge in [-0.15, -0.1) is 0 Å². The molecule has 0 unspecified atom stereocenters. The molecule has 0 fully saturated rings. The number of aromatic carboxylic acids is 1. The Hall–Kier alpha value is -2.66. The standard InChI is InChI=1S/C16H16N2O3/c1-17-10-11-6-2-5-9-14(11)18-15(19)12-7-3-4-8-13(12)16(20)21/h2-9,17H,10H2,1H3,(H,18,19)(H,20,21). The number of rotatable bonds is 5. The van der Waals surface area contributed by atoms with Gasteiger partial charge in [0.25, 0.3) is 5.91 Å². The largest absolute Gasteiger partial charge is 0.478 e. The van der Waals surface area contributed by atoms with Crippen molar-refractivity contribution in [2.75, 3.05) is 12.4 Å². The highest BCUT2D eigenvalue weighted by Gasteiger charge is 2.16. The highest BCUT2D eigenvalue weighted by Crippen LogP contribution is 2.17. The van der Waals surface area contributed by atoms with Gasteiger partial charge in [0, 0.05) is 12.2 Å². The Bertz CT molecular complexity index is 668. The minimum absolute atomic E-state index is 0.0129. The number of hydrogen-bond donors (Lipinski definition) is 3. The van der Waals surface area contributed by atoms with E-state index >= 15 is 0 Å². The normalized spacial score (nSPS) is 10.1. The molecule has 3 N–H and O–H groups in total. The van der Waals surface area contributed by atoms with Gasteiger partial charge >= 0.3 is 5.97 Å². The molecule has 0 atom stereocenters. The van der Waals surface area contributed by atoms with Crippen LogP contribution in [0.2, 0.25) is 0 Å². The van der Waals surface area contributed by atoms with Gasteiger partial charge in [-0.05, 0) is 30.8 Å². The van der Waals surface area contributed by atoms with E-state index in [2.05, 4.69) is 10.6 Å². The minimum atomic E-state index is -1.12. The lowest BCUT2D eigenvalue weighted by atomic mass is 10.1. The van der Waals surface area contributed by atoms with Gasteiger partial charge in [-0.1, -0.05) is 30.3 Å². The topological polar surface area (TPSA) is 78.4 Å². The molecule has 0 aliphatic heterocycles. The van der Waals surface area contributed by atoms with Gasteiger partial charge in [0.2, 0.25) is 0 Å². The number of anilines is 1. The molecule has 2 aromatic rings. The lowest BCUT2D eigenvalue weighted by Gasteiger charge is -2.11. The molecule has 108 valence electrons. The van der Waals surface area contributed by atoms with Crippen LogP contribution in [0.25, 0.3) is 0 Å². The zero-order valence-corrected chi connectivity index (χ0v) is 11.6. The maximum atomic E-state index is 12.3. The summed E-state index contributed by atoms with van der Waals surface area (Å²) in [5.41, 5.74) is 1.73. The number of carboxylic acid groups (broad SMARTS) is 1. The molecule has 0 spiro atoms. The van der Waals surface area contributed by atoms with Crippen molar-refractivity contribution in [1.29, 1.82) is 0 Å². The molecular formula is C16H16N2O3. The summed E-state index contributed by atoms with van der Waals surface area (Å²) in [4.78, 5) is 23.5. The third kappa shape index (κ3) is 3.46. The molecule has 2 rings (SSSR count). The predicted molar refractivity (Wildman–Crippen MR) is 80.6 cm³/mol. The Balaban J connectivity index is 2.29. The zero-order chi connectivity index (χ0) is 15.2. The summed E-state index contributed by atoms with van der Waals surface area (Å²) in [6.45, 7) is 0.608. The van der Waals surface area contributed by atoms with Crippen molar-refractivity contribution >= 4 is 17.6 Å². The van der Waals surface area contributed by atoms with Crippen LogP contribution in [0.1, 0.15) is 26.3 Å². The second-order valence-corrected chi connectivity index (χ2v) is 4.49. The number of para-hydroxylation sites is 1. The molecule has 1 amide bonds. The molecule has 0 aromatic heterocycles. The Morgan fingerprint density at radius 1 is 1.00 bits per heavy atom. The minimum Gasteiger partial charge on any atom is -0.478 e. The molecule has 0 heterocycles. The molecule has 21 heavy (non-hydrogen) atoms. The predicted octanol–water partition coefficient (Wildman–Crippen LogP) is 2.36. The Labute approximate surface area is 122 Å². The van der Waals surface area contributed by atoms with Crippen LogP contribution in [0.15, 0.2) is 48.5 Å². The van der Waals surface area contributed by atoms with Gasteiger partial charge in [0.1, 0.15) is 0 Å². The first-order chi connectivity index (χ1) is 10.1. The van der Waals surface area contributed by atoms with E-state index in [-0.39, 0.29) is 11.1 Å². The van der Waals surface area contributed by atoms with Crippen molar-refractivity contribution < 1.29 is 14.7 Å². The second-order valence-electron chi connectivity index (χ2n) is 4.49. The van der Waals surface area contributed by atoms with Gasteiger partial charge in [-0.25, -0.2) is 4.79 Å². The number of nitrogens with one attached hydrogen (secondary N) is 2. The van der Waals surface area contributed by atoms with Crippen LogP contribution >= 0.6 is 0 Å². The van der Waals surface area contributed by atoms with E-state index in [4.69, 9.17) is 5.11 Å². The maximum absolute atomic E-state index is 12.3. The number of amides is 1. The third-order valence-electron chi connectivity index (χ3n) is 3.03. The van der Waals surface area contributed by atoms with Gasteiger partial charge in [0.15, 0.2) is 0 Å². The molecule has 5 nitrogen and oxygen atoms in total. The number of carboxylic acids is 1. The fourth-order valence-electron chi connectivity index (χ4n) is 2.04. The van der Waals surface area contributed by atoms with Gasteiger partial charge in [0.05, 0.1) is 11.1 Å². The Kier molecular flexibility index (Phi) is 4.68. The lowest BCUT2D eigenvalue weighted by Crippen LogP contribution is -2.18. The molecule has 0 aliphatic rings. The maximum Gasteiger partial charge on any atom is 0.336 e. The number of hydrogen-bond acceptors (Lipinski definition) is 3. The van der Waals surface area contributed by atoms with Crippen LogP contribution < -0.4 is 10.6 Å². The van der Waals surface area contributed by atoms with E-state index in [9.17, 15) is 9.59 Å². The monoisotopic (exact) mass is 284 g/mol. The molecule has 5 heteroatoms. The average molecular weight is 284 g/mol. The Morgan fingerprint density at radius 3 is 2.29 bits per heavy atom. The van der Waals surface area contributed by atoms with Crippen molar-refractivity contribution in [3.63, 3.8) is 0 Å². The van der Waals surface area contributed by atoms with Crippen LogP contribution in [0.4, 0.5) is 5.69 Å². The summed E-state index contributed by atoms with van der Waals surface area (Å²) in [6, 6.07) is 13.5. The fraction of sp³-hybridized carbons (Fsp3) is 0.125. The van der Waals surface area contributed by atoms with E-state index in [1.807, 2.05) is 25.2 Å². The van der Waals surface area contributed by atoms with E-state index < -0.39 is 11.9 Å². The van der Waals surface area contributed by atoms with Crippen LogP contribution in [-0.4, -0.2) is 24.0 Å². The second kappa shape index (κ2) is 6.67.